The van der Waals surface area contributed by atoms with Crippen molar-refractivity contribution < 1.29 is 4.79 Å². The standard InChI is InChI=1S/C26H28IN3OS/c1-4-5-6-18-11-12-22(32-18)23-19(15-28)25(29)30(17-9-7-16(27)8-10-17)20-13-26(2,3)14-21(31)24(20)23/h7-12,23H,4-6,13-14,29H2,1-3H3. The smallest absolute Gasteiger partial charge is 0.162 e. The van der Waals surface area contributed by atoms with Gasteiger partial charge >= 0.3 is 0 Å². The van der Waals surface area contributed by atoms with Crippen LogP contribution in [-0.4, -0.2) is 5.78 Å². The molecule has 166 valence electrons. The Morgan fingerprint density at radius 2 is 1.94 bits per heavy atom. The highest BCUT2D eigenvalue weighted by molar-refractivity contribution is 14.1. The molecule has 0 radical (unpaired) electrons. The van der Waals surface area contributed by atoms with E-state index < -0.39 is 0 Å². The molecule has 32 heavy (non-hydrogen) atoms. The number of carbonyl (C=O) groups excluding carboxylic acids is 1. The van der Waals surface area contributed by atoms with Crippen molar-refractivity contribution in [3.63, 3.8) is 0 Å². The molecular weight excluding hydrogens is 529 g/mol. The Balaban J connectivity index is 1.90. The van der Waals surface area contributed by atoms with E-state index in [1.54, 1.807) is 11.3 Å². The number of unbranched alkanes of at least 4 members (excludes halogenated alkanes) is 1. The summed E-state index contributed by atoms with van der Waals surface area (Å²) in [7, 11) is 0. The van der Waals surface area contributed by atoms with Crippen molar-refractivity contribution in [2.75, 3.05) is 4.90 Å². The minimum Gasteiger partial charge on any atom is -0.384 e. The van der Waals surface area contributed by atoms with Crippen LogP contribution in [0.1, 0.15) is 62.1 Å². The molecule has 1 aromatic carbocycles. The van der Waals surface area contributed by atoms with Crippen molar-refractivity contribution in [1.82, 2.24) is 0 Å². The lowest BCUT2D eigenvalue weighted by Gasteiger charge is -2.43. The summed E-state index contributed by atoms with van der Waals surface area (Å²) in [6.45, 7) is 6.44. The third kappa shape index (κ3) is 4.25. The number of nitriles is 1. The predicted octanol–water partition coefficient (Wildman–Crippen LogP) is 6.64. The molecule has 2 N–H and O–H groups in total. The second-order valence-corrected chi connectivity index (χ2v) is 11.8. The second-order valence-electron chi connectivity index (χ2n) is 9.36. The zero-order valence-corrected chi connectivity index (χ0v) is 21.7. The molecule has 0 saturated carbocycles. The first kappa shape index (κ1) is 23.1. The van der Waals surface area contributed by atoms with Crippen LogP contribution in [0.2, 0.25) is 0 Å². The van der Waals surface area contributed by atoms with Gasteiger partial charge in [-0.05, 0) is 83.7 Å². The van der Waals surface area contributed by atoms with Crippen molar-refractivity contribution in [2.45, 2.75) is 58.8 Å². The largest absolute Gasteiger partial charge is 0.384 e. The van der Waals surface area contributed by atoms with Crippen LogP contribution in [0.15, 0.2) is 59.1 Å². The van der Waals surface area contributed by atoms with Crippen molar-refractivity contribution in [3.8, 4) is 6.07 Å². The highest BCUT2D eigenvalue weighted by Gasteiger charge is 2.45. The van der Waals surface area contributed by atoms with Gasteiger partial charge in [-0.25, -0.2) is 0 Å². The first-order chi connectivity index (χ1) is 15.3. The molecule has 4 rings (SSSR count). The number of halogens is 1. The number of carbonyl (C=O) groups is 1. The van der Waals surface area contributed by atoms with E-state index in [-0.39, 0.29) is 17.1 Å². The van der Waals surface area contributed by atoms with E-state index in [0.29, 0.717) is 17.8 Å². The maximum Gasteiger partial charge on any atom is 0.162 e. The zero-order valence-electron chi connectivity index (χ0n) is 18.7. The minimum atomic E-state index is -0.376. The van der Waals surface area contributed by atoms with E-state index in [2.05, 4.69) is 61.6 Å². The Hall–Kier alpha value is -2.11. The molecular formula is C26H28IN3OS. The number of nitrogens with zero attached hydrogens (tertiary/aromatic N) is 2. The molecule has 1 aliphatic heterocycles. The first-order valence-electron chi connectivity index (χ1n) is 11.1. The molecule has 2 heterocycles. The van der Waals surface area contributed by atoms with Crippen molar-refractivity contribution in [1.29, 1.82) is 5.26 Å². The summed E-state index contributed by atoms with van der Waals surface area (Å²) in [4.78, 5) is 17.8. The van der Waals surface area contributed by atoms with Gasteiger partial charge in [-0.1, -0.05) is 27.2 Å². The molecule has 2 aromatic rings. The van der Waals surface area contributed by atoms with E-state index in [4.69, 9.17) is 5.73 Å². The molecule has 0 spiro atoms. The van der Waals surface area contributed by atoms with E-state index in [1.807, 2.05) is 29.2 Å². The van der Waals surface area contributed by atoms with E-state index in [0.717, 1.165) is 51.1 Å². The lowest BCUT2D eigenvalue weighted by molar-refractivity contribution is -0.118. The molecule has 1 atom stereocenters. The Labute approximate surface area is 207 Å². The fraction of sp³-hybridized carbons (Fsp3) is 0.385. The molecule has 0 bridgehead atoms. The highest BCUT2D eigenvalue weighted by atomic mass is 127. The minimum absolute atomic E-state index is 0.125. The molecule has 4 nitrogen and oxygen atoms in total. The van der Waals surface area contributed by atoms with Crippen LogP contribution in [-0.2, 0) is 11.2 Å². The van der Waals surface area contributed by atoms with E-state index >= 15 is 0 Å². The van der Waals surface area contributed by atoms with Crippen molar-refractivity contribution in [2.24, 2.45) is 11.1 Å². The van der Waals surface area contributed by atoms with Gasteiger partial charge in [-0.2, -0.15) is 5.26 Å². The maximum atomic E-state index is 13.6. The molecule has 2 aliphatic rings. The van der Waals surface area contributed by atoms with Gasteiger partial charge in [-0.15, -0.1) is 11.3 Å². The molecule has 1 aromatic heterocycles. The lowest BCUT2D eigenvalue weighted by atomic mass is 9.69. The molecule has 0 saturated heterocycles. The van der Waals surface area contributed by atoms with Gasteiger partial charge in [0.1, 0.15) is 5.82 Å². The monoisotopic (exact) mass is 557 g/mol. The summed E-state index contributed by atoms with van der Waals surface area (Å²) >= 11 is 3.98. The molecule has 1 aliphatic carbocycles. The quantitative estimate of drug-likeness (QED) is 0.419. The molecule has 0 amide bonds. The number of allylic oxidation sites excluding steroid dienone is 3. The topological polar surface area (TPSA) is 70.1 Å². The number of Topliss-reactive ketones (excluding diaryl/α,β-unsaturated/α-hetero) is 1. The number of rotatable bonds is 5. The lowest BCUT2D eigenvalue weighted by Crippen LogP contribution is -2.42. The first-order valence-corrected chi connectivity index (χ1v) is 13.0. The van der Waals surface area contributed by atoms with Crippen LogP contribution in [0.3, 0.4) is 0 Å². The number of benzene rings is 1. The fourth-order valence-electron chi connectivity index (χ4n) is 4.71. The van der Waals surface area contributed by atoms with Gasteiger partial charge in [0, 0.05) is 36.7 Å². The highest BCUT2D eigenvalue weighted by Crippen LogP contribution is 2.51. The SMILES string of the molecule is CCCCc1ccc(C2C(C#N)=C(N)N(c3ccc(I)cc3)C3=C2C(=O)CC(C)(C)C3)s1. The van der Waals surface area contributed by atoms with Gasteiger partial charge in [0.25, 0.3) is 0 Å². The van der Waals surface area contributed by atoms with Crippen LogP contribution >= 0.6 is 33.9 Å². The Kier molecular flexibility index (Phi) is 6.51. The average Bonchev–Trinajstić information content (AvgIpc) is 3.20. The van der Waals surface area contributed by atoms with Crippen LogP contribution < -0.4 is 10.6 Å². The van der Waals surface area contributed by atoms with E-state index in [9.17, 15) is 10.1 Å². The summed E-state index contributed by atoms with van der Waals surface area (Å²) in [6.07, 6.45) is 4.52. The fourth-order valence-corrected chi connectivity index (χ4v) is 6.25. The zero-order chi connectivity index (χ0) is 23.0. The van der Waals surface area contributed by atoms with Gasteiger partial charge in [0.15, 0.2) is 5.78 Å². The maximum absolute atomic E-state index is 13.6. The number of nitrogens with two attached hydrogens (primary N) is 1. The third-order valence-electron chi connectivity index (χ3n) is 6.21. The van der Waals surface area contributed by atoms with Crippen molar-refractivity contribution in [3.05, 3.63) is 72.4 Å². The van der Waals surface area contributed by atoms with Crippen molar-refractivity contribution >= 4 is 45.4 Å². The third-order valence-corrected chi connectivity index (χ3v) is 8.14. The Morgan fingerprint density at radius 3 is 2.59 bits per heavy atom. The summed E-state index contributed by atoms with van der Waals surface area (Å²) in [5.41, 5.74) is 9.59. The average molecular weight is 558 g/mol. The molecule has 0 fully saturated rings. The summed E-state index contributed by atoms with van der Waals surface area (Å²) < 4.78 is 1.12. The number of hydrogen-bond donors (Lipinski definition) is 1. The second kappa shape index (κ2) is 9.03. The van der Waals surface area contributed by atoms with Gasteiger partial charge in [0.2, 0.25) is 0 Å². The van der Waals surface area contributed by atoms with Crippen LogP contribution in [0.25, 0.3) is 0 Å². The van der Waals surface area contributed by atoms with E-state index in [1.165, 1.54) is 4.88 Å². The summed E-state index contributed by atoms with van der Waals surface area (Å²) in [5, 5.41) is 10.2. The normalized spacial score (nSPS) is 20.4. The number of hydrogen-bond acceptors (Lipinski definition) is 5. The predicted molar refractivity (Wildman–Crippen MR) is 139 cm³/mol. The number of aryl methyl sites for hydroxylation is 1. The number of ketones is 1. The Bertz CT molecular complexity index is 1150. The number of thiophene rings is 1. The van der Waals surface area contributed by atoms with Gasteiger partial charge in [0.05, 0.1) is 17.6 Å². The number of anilines is 1. The van der Waals surface area contributed by atoms with Crippen LogP contribution in [0, 0.1) is 20.3 Å². The molecule has 1 unspecified atom stereocenters. The van der Waals surface area contributed by atoms with Gasteiger partial charge in [-0.3, -0.25) is 9.69 Å². The Morgan fingerprint density at radius 1 is 1.22 bits per heavy atom. The summed E-state index contributed by atoms with van der Waals surface area (Å²) in [5.74, 6) is 0.186. The van der Waals surface area contributed by atoms with Crippen LogP contribution in [0.5, 0.6) is 0 Å². The van der Waals surface area contributed by atoms with Gasteiger partial charge < -0.3 is 5.73 Å². The van der Waals surface area contributed by atoms with Crippen LogP contribution in [0.4, 0.5) is 5.69 Å². The summed E-state index contributed by atoms with van der Waals surface area (Å²) in [6, 6.07) is 14.7. The molecule has 6 heteroatoms.